The van der Waals surface area contributed by atoms with Crippen molar-refractivity contribution in [2.75, 3.05) is 31.1 Å². The standard InChI is InChI=1S/C26H28N2O2.ClH/c29-26(28(23-12-4-1-5-13-23)24-14-6-2-7-15-24)22-11-10-16-25(21-22)30-20-19-27-17-8-3-9-18-27;/h1-2,4-7,10-16,21H,3,8-9,17-20H2;1H. The van der Waals surface area contributed by atoms with Crippen molar-refractivity contribution < 1.29 is 9.53 Å². The number of nitrogens with zero attached hydrogens (tertiary/aromatic N) is 2. The van der Waals surface area contributed by atoms with E-state index >= 15 is 0 Å². The molecule has 3 aromatic rings. The van der Waals surface area contributed by atoms with Crippen LogP contribution in [0.3, 0.4) is 0 Å². The van der Waals surface area contributed by atoms with Crippen LogP contribution in [0, 0.1) is 0 Å². The van der Waals surface area contributed by atoms with E-state index in [-0.39, 0.29) is 18.3 Å². The van der Waals surface area contributed by atoms with E-state index in [2.05, 4.69) is 4.90 Å². The Morgan fingerprint density at radius 2 is 1.42 bits per heavy atom. The Bertz CT molecular complexity index is 904. The molecule has 0 aliphatic carbocycles. The summed E-state index contributed by atoms with van der Waals surface area (Å²) >= 11 is 0. The number of hydrogen-bond donors (Lipinski definition) is 0. The average molecular weight is 437 g/mol. The molecule has 5 heteroatoms. The molecule has 0 aromatic heterocycles. The highest BCUT2D eigenvalue weighted by molar-refractivity contribution is 6.11. The maximum atomic E-state index is 13.5. The largest absolute Gasteiger partial charge is 0.492 e. The summed E-state index contributed by atoms with van der Waals surface area (Å²) in [6, 6.07) is 27.0. The summed E-state index contributed by atoms with van der Waals surface area (Å²) in [5.74, 6) is 0.660. The number of amides is 1. The number of anilines is 2. The van der Waals surface area contributed by atoms with E-state index in [1.54, 1.807) is 4.90 Å². The van der Waals surface area contributed by atoms with E-state index in [0.717, 1.165) is 36.8 Å². The quantitative estimate of drug-likeness (QED) is 0.458. The van der Waals surface area contributed by atoms with E-state index in [4.69, 9.17) is 4.74 Å². The molecule has 1 aliphatic heterocycles. The Kier molecular flexibility index (Phi) is 8.51. The number of rotatable bonds is 7. The molecule has 1 saturated heterocycles. The number of para-hydroxylation sites is 2. The number of benzene rings is 3. The van der Waals surface area contributed by atoms with Gasteiger partial charge in [-0.15, -0.1) is 12.4 Å². The molecule has 0 radical (unpaired) electrons. The first-order chi connectivity index (χ1) is 14.8. The van der Waals surface area contributed by atoms with Gasteiger partial charge in [-0.1, -0.05) is 48.9 Å². The van der Waals surface area contributed by atoms with Gasteiger partial charge < -0.3 is 4.74 Å². The minimum Gasteiger partial charge on any atom is -0.492 e. The lowest BCUT2D eigenvalue weighted by atomic mass is 10.1. The second-order valence-electron chi connectivity index (χ2n) is 7.59. The number of carbonyl (C=O) groups excluding carboxylic acids is 1. The molecular weight excluding hydrogens is 408 g/mol. The molecule has 31 heavy (non-hydrogen) atoms. The van der Waals surface area contributed by atoms with E-state index < -0.39 is 0 Å². The van der Waals surface area contributed by atoms with Crippen molar-refractivity contribution >= 4 is 29.7 Å². The van der Waals surface area contributed by atoms with E-state index in [0.29, 0.717) is 12.2 Å². The molecule has 0 saturated carbocycles. The van der Waals surface area contributed by atoms with Crippen LogP contribution in [-0.4, -0.2) is 37.0 Å². The average Bonchev–Trinajstić information content (AvgIpc) is 2.81. The maximum absolute atomic E-state index is 13.5. The van der Waals surface area contributed by atoms with Crippen LogP contribution < -0.4 is 9.64 Å². The highest BCUT2D eigenvalue weighted by atomic mass is 35.5. The van der Waals surface area contributed by atoms with Crippen LogP contribution in [0.25, 0.3) is 0 Å². The summed E-state index contributed by atoms with van der Waals surface area (Å²) < 4.78 is 5.98. The zero-order valence-electron chi connectivity index (χ0n) is 17.7. The zero-order valence-corrected chi connectivity index (χ0v) is 18.5. The minimum atomic E-state index is -0.0751. The highest BCUT2D eigenvalue weighted by Gasteiger charge is 2.20. The third-order valence-electron chi connectivity index (χ3n) is 5.44. The van der Waals surface area contributed by atoms with Gasteiger partial charge in [0.1, 0.15) is 12.4 Å². The Labute approximate surface area is 190 Å². The van der Waals surface area contributed by atoms with Crippen molar-refractivity contribution in [2.24, 2.45) is 0 Å². The second kappa shape index (κ2) is 11.5. The SMILES string of the molecule is Cl.O=C(c1cccc(OCCN2CCCCC2)c1)N(c1ccccc1)c1ccccc1. The van der Waals surface area contributed by atoms with Crippen molar-refractivity contribution in [3.63, 3.8) is 0 Å². The summed E-state index contributed by atoms with van der Waals surface area (Å²) in [7, 11) is 0. The molecule has 1 heterocycles. The molecule has 3 aromatic carbocycles. The van der Waals surface area contributed by atoms with Crippen molar-refractivity contribution in [3.05, 3.63) is 90.5 Å². The Morgan fingerprint density at radius 1 is 0.806 bits per heavy atom. The first-order valence-corrected chi connectivity index (χ1v) is 10.7. The molecule has 4 nitrogen and oxygen atoms in total. The van der Waals surface area contributed by atoms with Crippen LogP contribution in [0.15, 0.2) is 84.9 Å². The van der Waals surface area contributed by atoms with Gasteiger partial charge in [-0.05, 0) is 68.4 Å². The Balaban J connectivity index is 0.00000272. The fraction of sp³-hybridized carbons (Fsp3) is 0.269. The number of likely N-dealkylation sites (tertiary alicyclic amines) is 1. The van der Waals surface area contributed by atoms with Gasteiger partial charge in [0, 0.05) is 23.5 Å². The van der Waals surface area contributed by atoms with Crippen LogP contribution in [0.2, 0.25) is 0 Å². The van der Waals surface area contributed by atoms with Gasteiger partial charge in [0.2, 0.25) is 0 Å². The summed E-state index contributed by atoms with van der Waals surface area (Å²) in [6.45, 7) is 3.88. The van der Waals surface area contributed by atoms with Crippen LogP contribution in [0.4, 0.5) is 11.4 Å². The van der Waals surface area contributed by atoms with E-state index in [1.807, 2.05) is 84.9 Å². The number of carbonyl (C=O) groups is 1. The second-order valence-corrected chi connectivity index (χ2v) is 7.59. The molecule has 4 rings (SSSR count). The van der Waals surface area contributed by atoms with Crippen LogP contribution in [0.5, 0.6) is 5.75 Å². The molecule has 1 aliphatic rings. The first kappa shape index (κ1) is 22.9. The summed E-state index contributed by atoms with van der Waals surface area (Å²) in [6.07, 6.45) is 3.89. The lowest BCUT2D eigenvalue weighted by Gasteiger charge is -2.26. The van der Waals surface area contributed by atoms with Gasteiger partial charge in [-0.25, -0.2) is 0 Å². The van der Waals surface area contributed by atoms with Crippen LogP contribution in [0.1, 0.15) is 29.6 Å². The first-order valence-electron chi connectivity index (χ1n) is 10.7. The fourth-order valence-corrected chi connectivity index (χ4v) is 3.86. The minimum absolute atomic E-state index is 0. The van der Waals surface area contributed by atoms with E-state index in [9.17, 15) is 4.79 Å². The fourth-order valence-electron chi connectivity index (χ4n) is 3.86. The van der Waals surface area contributed by atoms with Crippen molar-refractivity contribution in [1.29, 1.82) is 0 Å². The van der Waals surface area contributed by atoms with Crippen molar-refractivity contribution in [3.8, 4) is 5.75 Å². The summed E-state index contributed by atoms with van der Waals surface area (Å²) in [5.41, 5.74) is 2.29. The maximum Gasteiger partial charge on any atom is 0.262 e. The molecule has 1 fully saturated rings. The molecule has 0 bridgehead atoms. The van der Waals surface area contributed by atoms with Gasteiger partial charge in [0.15, 0.2) is 0 Å². The molecule has 0 atom stereocenters. The normalized spacial score (nSPS) is 13.8. The molecule has 0 N–H and O–H groups in total. The van der Waals surface area contributed by atoms with Crippen molar-refractivity contribution in [1.82, 2.24) is 4.90 Å². The zero-order chi connectivity index (χ0) is 20.6. The third kappa shape index (κ3) is 6.09. The summed E-state index contributed by atoms with van der Waals surface area (Å²) in [5, 5.41) is 0. The number of hydrogen-bond acceptors (Lipinski definition) is 3. The topological polar surface area (TPSA) is 32.8 Å². The van der Waals surface area contributed by atoms with Gasteiger partial charge in [-0.2, -0.15) is 0 Å². The predicted octanol–water partition coefficient (Wildman–Crippen LogP) is 5.95. The summed E-state index contributed by atoms with van der Waals surface area (Å²) in [4.78, 5) is 17.7. The van der Waals surface area contributed by atoms with Crippen LogP contribution >= 0.6 is 12.4 Å². The molecular formula is C26H29ClN2O2. The molecule has 1 amide bonds. The number of halogens is 1. The number of ether oxygens (including phenoxy) is 1. The van der Waals surface area contributed by atoms with E-state index in [1.165, 1.54) is 19.3 Å². The van der Waals surface area contributed by atoms with Gasteiger partial charge >= 0.3 is 0 Å². The van der Waals surface area contributed by atoms with Gasteiger partial charge in [0.25, 0.3) is 5.91 Å². The van der Waals surface area contributed by atoms with Crippen molar-refractivity contribution in [2.45, 2.75) is 19.3 Å². The smallest absolute Gasteiger partial charge is 0.262 e. The highest BCUT2D eigenvalue weighted by Crippen LogP contribution is 2.28. The Morgan fingerprint density at radius 3 is 2.03 bits per heavy atom. The lowest BCUT2D eigenvalue weighted by molar-refractivity contribution is 0.0998. The van der Waals surface area contributed by atoms with Gasteiger partial charge in [-0.3, -0.25) is 14.6 Å². The molecule has 0 spiro atoms. The van der Waals surface area contributed by atoms with Gasteiger partial charge in [0.05, 0.1) is 0 Å². The predicted molar refractivity (Wildman–Crippen MR) is 129 cm³/mol. The molecule has 162 valence electrons. The Hall–Kier alpha value is -2.82. The molecule has 0 unspecified atom stereocenters. The lowest BCUT2D eigenvalue weighted by Crippen LogP contribution is -2.33. The number of piperidine rings is 1. The monoisotopic (exact) mass is 436 g/mol. The third-order valence-corrected chi connectivity index (χ3v) is 5.44. The van der Waals surface area contributed by atoms with Crippen LogP contribution in [-0.2, 0) is 0 Å².